The molecule has 38 heavy (non-hydrogen) atoms. The SMILES string of the molecule is COc1c(F)cc(C2=NC3(CCC(C(C)(C)C)CC3)N(C(c3ccc(C(=O)O)cc3)C3CC3)C2=O)cc1F. The highest BCUT2D eigenvalue weighted by molar-refractivity contribution is 6.46. The molecule has 1 aliphatic heterocycles. The van der Waals surface area contributed by atoms with E-state index in [9.17, 15) is 23.5 Å². The number of carbonyl (C=O) groups excluding carboxylic acids is 1. The summed E-state index contributed by atoms with van der Waals surface area (Å²) < 4.78 is 34.2. The monoisotopic (exact) mass is 524 g/mol. The summed E-state index contributed by atoms with van der Waals surface area (Å²) in [5.41, 5.74) is 0.491. The van der Waals surface area contributed by atoms with Crippen molar-refractivity contribution < 1.29 is 28.2 Å². The van der Waals surface area contributed by atoms with Crippen molar-refractivity contribution in [3.05, 3.63) is 64.7 Å². The second-order valence-corrected chi connectivity index (χ2v) is 11.9. The zero-order valence-electron chi connectivity index (χ0n) is 22.3. The molecule has 2 aromatic carbocycles. The molecule has 1 amide bonds. The van der Waals surface area contributed by atoms with E-state index in [0.29, 0.717) is 18.8 Å². The summed E-state index contributed by atoms with van der Waals surface area (Å²) >= 11 is 0. The van der Waals surface area contributed by atoms with Crippen LogP contribution in [0.2, 0.25) is 0 Å². The van der Waals surface area contributed by atoms with Crippen molar-refractivity contribution in [2.75, 3.05) is 7.11 Å². The number of benzene rings is 2. The largest absolute Gasteiger partial charge is 0.491 e. The lowest BCUT2D eigenvalue weighted by molar-refractivity contribution is -0.134. The smallest absolute Gasteiger partial charge is 0.335 e. The van der Waals surface area contributed by atoms with Gasteiger partial charge < -0.3 is 14.7 Å². The number of ether oxygens (including phenoxy) is 1. The van der Waals surface area contributed by atoms with Crippen LogP contribution in [0.4, 0.5) is 8.78 Å². The van der Waals surface area contributed by atoms with E-state index in [4.69, 9.17) is 9.73 Å². The summed E-state index contributed by atoms with van der Waals surface area (Å²) in [6.07, 6.45) is 4.95. The Bertz CT molecular complexity index is 1260. The molecule has 2 aliphatic carbocycles. The summed E-state index contributed by atoms with van der Waals surface area (Å²) in [7, 11) is 1.19. The van der Waals surface area contributed by atoms with Gasteiger partial charge in [0, 0.05) is 5.56 Å². The summed E-state index contributed by atoms with van der Waals surface area (Å²) in [4.78, 5) is 32.5. The Morgan fingerprint density at radius 2 is 1.66 bits per heavy atom. The molecule has 2 saturated carbocycles. The number of hydrogen-bond donors (Lipinski definition) is 1. The van der Waals surface area contributed by atoms with Crippen molar-refractivity contribution in [2.45, 2.75) is 71.0 Å². The molecule has 0 aromatic heterocycles. The highest BCUT2D eigenvalue weighted by atomic mass is 19.1. The van der Waals surface area contributed by atoms with Gasteiger partial charge in [0.1, 0.15) is 11.4 Å². The van der Waals surface area contributed by atoms with Crippen molar-refractivity contribution in [1.82, 2.24) is 4.90 Å². The lowest BCUT2D eigenvalue weighted by Crippen LogP contribution is -2.52. The third-order valence-corrected chi connectivity index (χ3v) is 8.52. The number of aromatic carboxylic acids is 1. The summed E-state index contributed by atoms with van der Waals surface area (Å²) in [6, 6.07) is 8.61. The number of carboxylic acid groups (broad SMARTS) is 1. The summed E-state index contributed by atoms with van der Waals surface area (Å²) in [5, 5.41) is 9.37. The molecule has 1 atom stereocenters. The molecule has 1 spiro atoms. The topological polar surface area (TPSA) is 79.2 Å². The first-order valence-electron chi connectivity index (χ1n) is 13.3. The van der Waals surface area contributed by atoms with E-state index in [1.165, 1.54) is 7.11 Å². The number of hydrogen-bond acceptors (Lipinski definition) is 4. The number of amides is 1. The van der Waals surface area contributed by atoms with Gasteiger partial charge in [-0.1, -0.05) is 32.9 Å². The highest BCUT2D eigenvalue weighted by Crippen LogP contribution is 2.54. The zero-order valence-corrected chi connectivity index (χ0v) is 22.3. The molecule has 0 bridgehead atoms. The number of methoxy groups -OCH3 is 1. The van der Waals surface area contributed by atoms with Crippen molar-refractivity contribution in [3.8, 4) is 5.75 Å². The number of nitrogens with zero attached hydrogens (tertiary/aromatic N) is 2. The molecule has 6 nitrogen and oxygen atoms in total. The van der Waals surface area contributed by atoms with Gasteiger partial charge in [-0.15, -0.1) is 0 Å². The Kier molecular flexibility index (Phi) is 6.56. The molecule has 1 N–H and O–H groups in total. The highest BCUT2D eigenvalue weighted by Gasteiger charge is 2.55. The number of aliphatic imine (C=N–C) groups is 1. The van der Waals surface area contributed by atoms with Crippen molar-refractivity contribution in [3.63, 3.8) is 0 Å². The van der Waals surface area contributed by atoms with Crippen LogP contribution >= 0.6 is 0 Å². The third kappa shape index (κ3) is 4.58. The minimum absolute atomic E-state index is 0.0625. The van der Waals surface area contributed by atoms with E-state index in [0.717, 1.165) is 43.4 Å². The first-order chi connectivity index (χ1) is 17.9. The normalized spacial score (nSPS) is 24.5. The second-order valence-electron chi connectivity index (χ2n) is 11.9. The average Bonchev–Trinajstić information content (AvgIpc) is 3.66. The average molecular weight is 525 g/mol. The molecule has 3 aliphatic rings. The van der Waals surface area contributed by atoms with Gasteiger partial charge in [0.25, 0.3) is 5.91 Å². The Hall–Kier alpha value is -3.29. The zero-order chi connectivity index (χ0) is 27.4. The number of halogens is 2. The van der Waals surface area contributed by atoms with E-state index in [1.807, 2.05) is 4.90 Å². The van der Waals surface area contributed by atoms with Crippen LogP contribution < -0.4 is 4.74 Å². The second kappa shape index (κ2) is 9.47. The Labute approximate surface area is 221 Å². The maximum absolute atomic E-state index is 14.7. The Morgan fingerprint density at radius 3 is 2.13 bits per heavy atom. The third-order valence-electron chi connectivity index (χ3n) is 8.52. The minimum Gasteiger partial charge on any atom is -0.491 e. The minimum atomic E-state index is -1.01. The van der Waals surface area contributed by atoms with Gasteiger partial charge in [-0.05, 0) is 85.6 Å². The van der Waals surface area contributed by atoms with Crippen LogP contribution in [-0.2, 0) is 4.79 Å². The molecule has 8 heteroatoms. The Morgan fingerprint density at radius 1 is 1.08 bits per heavy atom. The molecular weight excluding hydrogens is 490 g/mol. The number of carboxylic acids is 1. The van der Waals surface area contributed by atoms with E-state index in [2.05, 4.69) is 20.8 Å². The van der Waals surface area contributed by atoms with Crippen molar-refractivity contribution in [2.24, 2.45) is 22.2 Å². The van der Waals surface area contributed by atoms with Crippen molar-refractivity contribution >= 4 is 17.6 Å². The predicted molar refractivity (Wildman–Crippen MR) is 139 cm³/mol. The van der Waals surface area contributed by atoms with Crippen LogP contribution in [0.15, 0.2) is 41.4 Å². The summed E-state index contributed by atoms with van der Waals surface area (Å²) in [5.74, 6) is -2.94. The predicted octanol–water partition coefficient (Wildman–Crippen LogP) is 6.39. The van der Waals surface area contributed by atoms with Gasteiger partial charge in [0.05, 0.1) is 18.7 Å². The lowest BCUT2D eigenvalue weighted by atomic mass is 9.69. The van der Waals surface area contributed by atoms with Gasteiger partial charge in [0.2, 0.25) is 0 Å². The van der Waals surface area contributed by atoms with E-state index < -0.39 is 29.0 Å². The fourth-order valence-corrected chi connectivity index (χ4v) is 6.24. The van der Waals surface area contributed by atoms with E-state index in [-0.39, 0.29) is 40.1 Å². The van der Waals surface area contributed by atoms with Crippen LogP contribution in [0.3, 0.4) is 0 Å². The van der Waals surface area contributed by atoms with Gasteiger partial charge in [-0.2, -0.15) is 0 Å². The van der Waals surface area contributed by atoms with Gasteiger partial charge >= 0.3 is 5.97 Å². The fraction of sp³-hybridized carbons (Fsp3) is 0.500. The Balaban J connectivity index is 1.59. The number of rotatable bonds is 6. The maximum atomic E-state index is 14.7. The van der Waals surface area contributed by atoms with Crippen LogP contribution in [0.1, 0.15) is 86.8 Å². The maximum Gasteiger partial charge on any atom is 0.335 e. The molecule has 5 rings (SSSR count). The quantitative estimate of drug-likeness (QED) is 0.475. The molecular formula is C30H34F2N2O4. The van der Waals surface area contributed by atoms with E-state index >= 15 is 0 Å². The molecule has 2 aromatic rings. The molecule has 1 unspecified atom stereocenters. The van der Waals surface area contributed by atoms with Gasteiger partial charge in [0.15, 0.2) is 17.4 Å². The summed E-state index contributed by atoms with van der Waals surface area (Å²) in [6.45, 7) is 6.67. The first kappa shape index (κ1) is 26.3. The van der Waals surface area contributed by atoms with Crippen LogP contribution in [0.5, 0.6) is 5.75 Å². The van der Waals surface area contributed by atoms with Crippen LogP contribution in [-0.4, -0.2) is 40.4 Å². The van der Waals surface area contributed by atoms with Crippen LogP contribution in [0, 0.1) is 28.9 Å². The first-order valence-corrected chi connectivity index (χ1v) is 13.3. The lowest BCUT2D eigenvalue weighted by Gasteiger charge is -2.47. The standard InChI is InChI=1S/C30H34F2N2O4/c1-29(2,3)21-11-13-30(14-12-21)33-24(20-15-22(31)26(38-4)23(32)16-20)27(35)34(30)25(17-5-6-17)18-7-9-19(10-8-18)28(36)37/h7-10,15-17,21,25H,5-6,11-14H2,1-4H3,(H,36,37). The van der Waals surface area contributed by atoms with Gasteiger partial charge in [-0.25, -0.2) is 13.6 Å². The fourth-order valence-electron chi connectivity index (χ4n) is 6.24. The van der Waals surface area contributed by atoms with Crippen LogP contribution in [0.25, 0.3) is 0 Å². The molecule has 2 fully saturated rings. The molecule has 0 radical (unpaired) electrons. The molecule has 0 saturated heterocycles. The molecule has 202 valence electrons. The van der Waals surface area contributed by atoms with Gasteiger partial charge in [-0.3, -0.25) is 9.79 Å². The number of carbonyl (C=O) groups is 2. The van der Waals surface area contributed by atoms with E-state index in [1.54, 1.807) is 24.3 Å². The molecule has 1 heterocycles. The van der Waals surface area contributed by atoms with Crippen molar-refractivity contribution in [1.29, 1.82) is 0 Å².